The van der Waals surface area contributed by atoms with Crippen molar-refractivity contribution < 1.29 is 63.5 Å². The van der Waals surface area contributed by atoms with Crippen molar-refractivity contribution in [1.82, 2.24) is 14.7 Å². The standard InChI is InChI=1S/C35H35N3O13Si/c1-20-10-21(4-7-24(20)34-25-8-5-22(40)11-27(25)52(2,3)28-12-23(41)6-9-26(28)34)35(50)37(13-29(42)36(15-31(44)45)16-32(46)47)14-30(43)38(17-33(48)49)18-51-19-39/h4-12,19,40H,13-18H2,1-3H3,(H,44,45)(H,46,47)(H,48,49). The molecule has 2 aromatic carbocycles. The van der Waals surface area contributed by atoms with E-state index in [0.717, 1.165) is 27.1 Å². The SMILES string of the molecule is Cc1cc(C(=O)N(CC(=O)N(COC=O)CC(=O)O)CC(=O)N(CC(=O)O)CC(=O)O)ccc1C1=C2C=CC(=O)C=C2[Si](C)(C)c2cc(O)ccc21. The van der Waals surface area contributed by atoms with Crippen LogP contribution in [-0.2, 0) is 38.3 Å². The Labute approximate surface area is 297 Å². The van der Waals surface area contributed by atoms with Crippen LogP contribution in [0.2, 0.25) is 13.1 Å². The second kappa shape index (κ2) is 15.7. The molecule has 0 fully saturated rings. The van der Waals surface area contributed by atoms with Crippen molar-refractivity contribution in [1.29, 1.82) is 0 Å². The largest absolute Gasteiger partial charge is 0.508 e. The quantitative estimate of drug-likeness (QED) is 0.111. The van der Waals surface area contributed by atoms with Crippen LogP contribution < -0.4 is 5.19 Å². The summed E-state index contributed by atoms with van der Waals surface area (Å²) in [6, 6.07) is 9.59. The number of carboxylic acid groups (broad SMARTS) is 3. The smallest absolute Gasteiger partial charge is 0.323 e. The number of nitrogens with zero attached hydrogens (tertiary/aromatic N) is 3. The van der Waals surface area contributed by atoms with Crippen LogP contribution in [0.3, 0.4) is 0 Å². The van der Waals surface area contributed by atoms with E-state index in [-0.39, 0.29) is 23.6 Å². The normalized spacial score (nSPS) is 14.0. The zero-order valence-corrected chi connectivity index (χ0v) is 29.3. The number of hydrogen-bond acceptors (Lipinski definition) is 10. The second-order valence-electron chi connectivity index (χ2n) is 12.5. The highest BCUT2D eigenvalue weighted by Gasteiger charge is 2.40. The summed E-state index contributed by atoms with van der Waals surface area (Å²) in [5, 5.41) is 39.9. The molecule has 4 N–H and O–H groups in total. The predicted octanol–water partition coefficient (Wildman–Crippen LogP) is 0.520. The van der Waals surface area contributed by atoms with Crippen LogP contribution in [0.25, 0.3) is 5.57 Å². The number of rotatable bonds is 15. The van der Waals surface area contributed by atoms with Gasteiger partial charge in [-0.15, -0.1) is 0 Å². The van der Waals surface area contributed by atoms with Gasteiger partial charge in [0.15, 0.2) is 12.5 Å². The van der Waals surface area contributed by atoms with E-state index in [1.165, 1.54) is 18.2 Å². The van der Waals surface area contributed by atoms with Crippen LogP contribution in [0.4, 0.5) is 0 Å². The van der Waals surface area contributed by atoms with Crippen molar-refractivity contribution in [3.8, 4) is 5.75 Å². The first-order valence-electron chi connectivity index (χ1n) is 15.6. The number of carbonyl (C=O) groups excluding carboxylic acids is 5. The van der Waals surface area contributed by atoms with Crippen molar-refractivity contribution >= 4 is 66.7 Å². The van der Waals surface area contributed by atoms with E-state index in [9.17, 15) is 58.8 Å². The number of benzene rings is 2. The zero-order valence-electron chi connectivity index (χ0n) is 28.3. The number of hydrogen-bond donors (Lipinski definition) is 4. The van der Waals surface area contributed by atoms with Crippen LogP contribution in [0.5, 0.6) is 5.75 Å². The van der Waals surface area contributed by atoms with Crippen LogP contribution >= 0.6 is 0 Å². The summed E-state index contributed by atoms with van der Waals surface area (Å²) < 4.78 is 4.53. The molecule has 16 nitrogen and oxygen atoms in total. The van der Waals surface area contributed by atoms with Crippen molar-refractivity contribution in [2.45, 2.75) is 20.0 Å². The Bertz CT molecular complexity index is 1970. The number of ether oxygens (including phenoxy) is 1. The molecule has 1 heterocycles. The molecule has 17 heteroatoms. The fourth-order valence-electron chi connectivity index (χ4n) is 6.14. The van der Waals surface area contributed by atoms with Gasteiger partial charge in [-0.1, -0.05) is 31.3 Å². The van der Waals surface area contributed by atoms with E-state index >= 15 is 0 Å². The first-order chi connectivity index (χ1) is 24.4. The molecule has 1 aliphatic heterocycles. The number of ketones is 1. The fourth-order valence-corrected chi connectivity index (χ4v) is 9.21. The molecule has 1 aliphatic carbocycles. The van der Waals surface area contributed by atoms with E-state index in [2.05, 4.69) is 17.8 Å². The molecular formula is C35H35N3O13Si. The Balaban J connectivity index is 1.78. The monoisotopic (exact) mass is 733 g/mol. The lowest BCUT2D eigenvalue weighted by atomic mass is 9.87. The van der Waals surface area contributed by atoms with E-state index in [4.69, 9.17) is 0 Å². The van der Waals surface area contributed by atoms with Crippen LogP contribution in [0, 0.1) is 6.92 Å². The van der Waals surface area contributed by atoms with Gasteiger partial charge in [-0.2, -0.15) is 0 Å². The van der Waals surface area contributed by atoms with Crippen molar-refractivity contribution in [2.24, 2.45) is 0 Å². The minimum Gasteiger partial charge on any atom is -0.508 e. The summed E-state index contributed by atoms with van der Waals surface area (Å²) in [5.41, 5.74) is 3.57. The Morgan fingerprint density at radius 3 is 1.92 bits per heavy atom. The fraction of sp³-hybridized carbons (Fsp3) is 0.257. The first kappa shape index (κ1) is 38.4. The number of carbonyl (C=O) groups is 8. The molecular weight excluding hydrogens is 698 g/mol. The minimum absolute atomic E-state index is 0.0266. The maximum atomic E-state index is 14.0. The molecule has 52 heavy (non-hydrogen) atoms. The summed E-state index contributed by atoms with van der Waals surface area (Å²) >= 11 is 0. The number of aromatic hydroxyl groups is 1. The predicted molar refractivity (Wildman–Crippen MR) is 184 cm³/mol. The Morgan fingerprint density at radius 2 is 1.35 bits per heavy atom. The summed E-state index contributed by atoms with van der Waals surface area (Å²) in [5.74, 6) is -7.77. The molecule has 0 radical (unpaired) electrons. The number of phenolic OH excluding ortho intramolecular Hbond substituents is 1. The lowest BCUT2D eigenvalue weighted by molar-refractivity contribution is -0.153. The molecule has 0 saturated heterocycles. The lowest BCUT2D eigenvalue weighted by Gasteiger charge is -2.37. The van der Waals surface area contributed by atoms with Gasteiger partial charge in [-0.3, -0.25) is 43.3 Å². The average molecular weight is 734 g/mol. The number of allylic oxidation sites excluding steroid dienone is 5. The van der Waals surface area contributed by atoms with E-state index in [0.29, 0.717) is 25.8 Å². The van der Waals surface area contributed by atoms with Gasteiger partial charge >= 0.3 is 17.9 Å². The van der Waals surface area contributed by atoms with E-state index < -0.39 is 83.2 Å². The number of fused-ring (bicyclic) bond motifs is 2. The summed E-state index contributed by atoms with van der Waals surface area (Å²) in [4.78, 5) is 99.6. The molecule has 0 bridgehead atoms. The highest BCUT2D eigenvalue weighted by molar-refractivity contribution is 6.98. The van der Waals surface area contributed by atoms with Gasteiger partial charge in [-0.25, -0.2) is 0 Å². The number of aliphatic carboxylic acids is 3. The Morgan fingerprint density at radius 1 is 0.769 bits per heavy atom. The van der Waals surface area contributed by atoms with Crippen LogP contribution in [0.15, 0.2) is 65.4 Å². The lowest BCUT2D eigenvalue weighted by Crippen LogP contribution is -2.50. The average Bonchev–Trinajstić information content (AvgIpc) is 3.06. The third-order valence-electron chi connectivity index (χ3n) is 8.54. The minimum atomic E-state index is -2.47. The molecule has 0 aromatic heterocycles. The summed E-state index contributed by atoms with van der Waals surface area (Å²) in [7, 11) is -2.47. The van der Waals surface area contributed by atoms with Crippen molar-refractivity contribution in [2.75, 3.05) is 39.5 Å². The van der Waals surface area contributed by atoms with E-state index in [1.807, 2.05) is 0 Å². The topological polar surface area (TPSA) is 236 Å². The molecule has 0 saturated carbocycles. The Kier molecular flexibility index (Phi) is 11.6. The van der Waals surface area contributed by atoms with E-state index in [1.54, 1.807) is 43.3 Å². The van der Waals surface area contributed by atoms with Gasteiger partial charge in [0.25, 0.3) is 12.4 Å². The van der Waals surface area contributed by atoms with Gasteiger partial charge in [0, 0.05) is 5.56 Å². The maximum Gasteiger partial charge on any atom is 0.323 e. The highest BCUT2D eigenvalue weighted by Crippen LogP contribution is 2.42. The van der Waals surface area contributed by atoms with Crippen LogP contribution in [0.1, 0.15) is 27.0 Å². The highest BCUT2D eigenvalue weighted by atomic mass is 28.3. The van der Waals surface area contributed by atoms with Gasteiger partial charge in [0.1, 0.15) is 46.5 Å². The maximum absolute atomic E-state index is 14.0. The molecule has 4 rings (SSSR count). The third-order valence-corrected chi connectivity index (χ3v) is 12.1. The molecule has 0 unspecified atom stereocenters. The van der Waals surface area contributed by atoms with Gasteiger partial charge in [-0.05, 0) is 81.6 Å². The number of aryl methyl sites for hydroxylation is 1. The van der Waals surface area contributed by atoms with Gasteiger partial charge < -0.3 is 35.0 Å². The molecule has 2 aromatic rings. The number of phenols is 1. The molecule has 0 atom stereocenters. The third kappa shape index (κ3) is 8.49. The zero-order chi connectivity index (χ0) is 38.5. The van der Waals surface area contributed by atoms with Crippen molar-refractivity contribution in [3.63, 3.8) is 0 Å². The molecule has 3 amide bonds. The second-order valence-corrected chi connectivity index (χ2v) is 16.9. The van der Waals surface area contributed by atoms with Crippen LogP contribution in [-0.4, -0.2) is 131 Å². The van der Waals surface area contributed by atoms with Crippen molar-refractivity contribution in [3.05, 3.63) is 87.6 Å². The Hall–Kier alpha value is -6.36. The summed E-state index contributed by atoms with van der Waals surface area (Å²) in [6.45, 7) is 0.134. The van der Waals surface area contributed by atoms with Gasteiger partial charge in [0.05, 0.1) is 0 Å². The number of amides is 3. The van der Waals surface area contributed by atoms with Gasteiger partial charge in [0.2, 0.25) is 11.8 Å². The summed E-state index contributed by atoms with van der Waals surface area (Å²) in [6.07, 6.45) is 4.80. The molecule has 272 valence electrons. The first-order valence-corrected chi connectivity index (χ1v) is 18.6. The molecule has 2 aliphatic rings. The number of carboxylic acids is 3. The molecule has 0 spiro atoms.